The van der Waals surface area contributed by atoms with E-state index in [1.165, 1.54) is 0 Å². The van der Waals surface area contributed by atoms with Gasteiger partial charge in [0, 0.05) is 0 Å². The molecule has 2 aromatic rings. The van der Waals surface area contributed by atoms with Crippen molar-refractivity contribution in [3.05, 3.63) is 48.5 Å². The van der Waals surface area contributed by atoms with Gasteiger partial charge in [0.1, 0.15) is 0 Å². The van der Waals surface area contributed by atoms with Crippen LogP contribution in [0.15, 0.2) is 48.5 Å². The summed E-state index contributed by atoms with van der Waals surface area (Å²) in [6.45, 7) is 0. The van der Waals surface area contributed by atoms with Gasteiger partial charge in [-0.25, -0.2) is 0 Å². The van der Waals surface area contributed by atoms with Crippen molar-refractivity contribution in [2.24, 2.45) is 0 Å². The molecular formula is C12H13AsN2O2. The summed E-state index contributed by atoms with van der Waals surface area (Å²) < 4.78 is 23.4. The molecule has 5 heteroatoms. The second-order valence-corrected chi connectivity index (χ2v) is 8.20. The quantitative estimate of drug-likeness (QED) is 0.529. The fourth-order valence-electron chi connectivity index (χ4n) is 1.60. The summed E-state index contributed by atoms with van der Waals surface area (Å²) in [5, 5.41) is 0. The molecule has 0 aliphatic heterocycles. The van der Waals surface area contributed by atoms with Crippen LogP contribution < -0.4 is 20.2 Å². The Morgan fingerprint density at radius 1 is 0.941 bits per heavy atom. The molecule has 1 atom stereocenters. The first-order valence-corrected chi connectivity index (χ1v) is 8.54. The minimum absolute atomic E-state index is 0.196. The number of anilines is 2. The van der Waals surface area contributed by atoms with Crippen molar-refractivity contribution in [2.75, 3.05) is 11.5 Å². The van der Waals surface area contributed by atoms with Crippen LogP contribution in [0.25, 0.3) is 0 Å². The van der Waals surface area contributed by atoms with Crippen molar-refractivity contribution in [1.29, 1.82) is 0 Å². The Labute approximate surface area is 102 Å². The second-order valence-electron chi connectivity index (χ2n) is 3.69. The third kappa shape index (κ3) is 2.09. The molecule has 0 aliphatic carbocycles. The first-order chi connectivity index (χ1) is 8.03. The first kappa shape index (κ1) is 11.8. The summed E-state index contributed by atoms with van der Waals surface area (Å²) in [4.78, 5) is 0. The Balaban J connectivity index is 2.60. The van der Waals surface area contributed by atoms with E-state index in [0.29, 0.717) is 10.0 Å². The van der Waals surface area contributed by atoms with Crippen molar-refractivity contribution in [3.63, 3.8) is 0 Å². The molecule has 0 aromatic heterocycles. The molecule has 0 saturated carbocycles. The van der Waals surface area contributed by atoms with Crippen LogP contribution in [0.2, 0.25) is 0 Å². The molecule has 0 radical (unpaired) electrons. The molecule has 17 heavy (non-hydrogen) atoms. The van der Waals surface area contributed by atoms with Crippen molar-refractivity contribution in [3.8, 4) is 0 Å². The minimum atomic E-state index is -4.37. The Morgan fingerprint density at radius 2 is 1.59 bits per heavy atom. The SMILES string of the molecule is Nc1cccc([As](=O)(O)c2ccccc2)c1N. The van der Waals surface area contributed by atoms with Gasteiger partial charge in [-0.1, -0.05) is 0 Å². The average Bonchev–Trinajstić information content (AvgIpc) is 2.33. The van der Waals surface area contributed by atoms with Crippen molar-refractivity contribution in [2.45, 2.75) is 0 Å². The van der Waals surface area contributed by atoms with Gasteiger partial charge in [-0.15, -0.1) is 0 Å². The fourth-order valence-corrected chi connectivity index (χ4v) is 4.96. The van der Waals surface area contributed by atoms with E-state index in [4.69, 9.17) is 11.5 Å². The molecule has 2 aromatic carbocycles. The van der Waals surface area contributed by atoms with Gasteiger partial charge >= 0.3 is 102 Å². The van der Waals surface area contributed by atoms with E-state index in [2.05, 4.69) is 0 Å². The molecule has 0 bridgehead atoms. The summed E-state index contributed by atoms with van der Waals surface area (Å²) in [6, 6.07) is 13.3. The number of benzene rings is 2. The number of nitrogen functional groups attached to an aromatic ring is 2. The number of rotatable bonds is 2. The summed E-state index contributed by atoms with van der Waals surface area (Å²) in [6.07, 6.45) is 0. The molecule has 5 N–H and O–H groups in total. The van der Waals surface area contributed by atoms with Crippen molar-refractivity contribution in [1.82, 2.24) is 0 Å². The predicted molar refractivity (Wildman–Crippen MR) is 69.6 cm³/mol. The normalized spacial score (nSPS) is 14.2. The van der Waals surface area contributed by atoms with E-state index >= 15 is 0 Å². The van der Waals surface area contributed by atoms with Gasteiger partial charge in [0.05, 0.1) is 0 Å². The molecule has 4 nitrogen and oxygen atoms in total. The Morgan fingerprint density at radius 3 is 2.24 bits per heavy atom. The van der Waals surface area contributed by atoms with Crippen LogP contribution in [0, 0.1) is 0 Å². The van der Waals surface area contributed by atoms with Gasteiger partial charge in [0.15, 0.2) is 0 Å². The Bertz CT molecular complexity index is 584. The zero-order valence-corrected chi connectivity index (χ0v) is 11.0. The standard InChI is InChI=1S/C12H13AsN2O2/c14-11-8-4-7-10(12(11)15)13(16,17)9-5-2-1-3-6-9/h1-8H,14-15H2,(H,16,17). The van der Waals surface area contributed by atoms with E-state index in [0.717, 1.165) is 0 Å². The monoisotopic (exact) mass is 292 g/mol. The molecule has 2 rings (SSSR count). The fraction of sp³-hybridized carbons (Fsp3) is 0. The van der Waals surface area contributed by atoms with Gasteiger partial charge in [-0.2, -0.15) is 0 Å². The number of hydrogen-bond acceptors (Lipinski definition) is 3. The average molecular weight is 292 g/mol. The Hall–Kier alpha value is -1.64. The van der Waals surface area contributed by atoms with Crippen LogP contribution in [0.4, 0.5) is 11.4 Å². The summed E-state index contributed by atoms with van der Waals surface area (Å²) in [5.41, 5.74) is 11.9. The second kappa shape index (κ2) is 4.32. The maximum absolute atomic E-state index is 12.5. The third-order valence-corrected chi connectivity index (χ3v) is 6.83. The van der Waals surface area contributed by atoms with Crippen LogP contribution in [0.3, 0.4) is 0 Å². The summed E-state index contributed by atoms with van der Waals surface area (Å²) >= 11 is -4.37. The van der Waals surface area contributed by atoms with E-state index in [-0.39, 0.29) is 10.0 Å². The molecule has 1 unspecified atom stereocenters. The summed E-state index contributed by atoms with van der Waals surface area (Å²) in [7, 11) is 0. The molecule has 88 valence electrons. The molecule has 0 heterocycles. The molecule has 0 aliphatic rings. The Kier molecular flexibility index (Phi) is 3.01. The summed E-state index contributed by atoms with van der Waals surface area (Å²) in [5.74, 6) is 0. The number of nitrogens with two attached hydrogens (primary N) is 2. The van der Waals surface area contributed by atoms with Gasteiger partial charge in [0.25, 0.3) is 0 Å². The topological polar surface area (TPSA) is 89.3 Å². The third-order valence-electron chi connectivity index (χ3n) is 2.55. The molecule has 0 fully saturated rings. The van der Waals surface area contributed by atoms with E-state index in [9.17, 15) is 7.84 Å². The van der Waals surface area contributed by atoms with E-state index in [1.54, 1.807) is 48.5 Å². The van der Waals surface area contributed by atoms with Crippen LogP contribution in [-0.4, -0.2) is 17.9 Å². The zero-order valence-electron chi connectivity index (χ0n) is 9.08. The van der Waals surface area contributed by atoms with Crippen LogP contribution >= 0.6 is 0 Å². The van der Waals surface area contributed by atoms with Crippen LogP contribution in [0.1, 0.15) is 0 Å². The van der Waals surface area contributed by atoms with E-state index < -0.39 is 13.8 Å². The van der Waals surface area contributed by atoms with Crippen LogP contribution in [-0.2, 0) is 3.74 Å². The van der Waals surface area contributed by atoms with Crippen molar-refractivity contribution < 1.29 is 7.84 Å². The number of para-hydroxylation sites is 1. The number of hydrogen-bond donors (Lipinski definition) is 3. The predicted octanol–water partition coefficient (Wildman–Crippen LogP) is -0.170. The molecule has 0 spiro atoms. The van der Waals surface area contributed by atoms with Gasteiger partial charge < -0.3 is 0 Å². The van der Waals surface area contributed by atoms with Gasteiger partial charge in [0.2, 0.25) is 0 Å². The molecule has 0 saturated heterocycles. The molecular weight excluding hydrogens is 279 g/mol. The maximum atomic E-state index is 12.5. The zero-order chi connectivity index (χ0) is 12.5. The molecule has 0 amide bonds. The van der Waals surface area contributed by atoms with Crippen molar-refractivity contribution >= 4 is 33.9 Å². The van der Waals surface area contributed by atoms with Gasteiger partial charge in [-0.3, -0.25) is 0 Å². The first-order valence-electron chi connectivity index (χ1n) is 5.06. The van der Waals surface area contributed by atoms with E-state index in [1.807, 2.05) is 0 Å². The van der Waals surface area contributed by atoms with Crippen LogP contribution in [0.5, 0.6) is 0 Å². The van der Waals surface area contributed by atoms with Gasteiger partial charge in [-0.05, 0) is 0 Å².